The summed E-state index contributed by atoms with van der Waals surface area (Å²) in [6.45, 7) is 17.2. The Morgan fingerprint density at radius 2 is 1.42 bits per heavy atom. The van der Waals surface area contributed by atoms with Gasteiger partial charge in [0.2, 0.25) is 23.6 Å². The van der Waals surface area contributed by atoms with Crippen molar-refractivity contribution in [3.8, 4) is 11.3 Å². The smallest absolute Gasteiger partial charge is 0.410 e. The van der Waals surface area contributed by atoms with Gasteiger partial charge >= 0.3 is 12.1 Å². The molecule has 4 amide bonds. The highest BCUT2D eigenvalue weighted by molar-refractivity contribution is 6.39. The first-order chi connectivity index (χ1) is 66.5. The molecule has 6 aromatic heterocycles. The number of nitrogens with one attached hydrogen (secondary N) is 2. The van der Waals surface area contributed by atoms with Gasteiger partial charge < -0.3 is 110 Å². The maximum absolute atomic E-state index is 14.8. The van der Waals surface area contributed by atoms with E-state index in [1.54, 1.807) is 45.2 Å². The minimum atomic E-state index is -2.52. The number of amides is 4. The summed E-state index contributed by atoms with van der Waals surface area (Å²) < 4.78 is 55.2. The number of methoxy groups -OCH3 is 2. The van der Waals surface area contributed by atoms with Crippen LogP contribution in [0.25, 0.3) is 33.3 Å². The van der Waals surface area contributed by atoms with E-state index in [9.17, 15) is 53.7 Å². The molecule has 138 heavy (non-hydrogen) atoms. The van der Waals surface area contributed by atoms with Crippen LogP contribution in [0.2, 0.25) is 0 Å². The minimum absolute atomic E-state index is 0.0101. The second-order valence-corrected chi connectivity index (χ2v) is 37.4. The number of ether oxygens (including phenoxy) is 9. The van der Waals surface area contributed by atoms with Crippen LogP contribution in [-0.2, 0) is 104 Å². The quantitative estimate of drug-likeness (QED) is 0.0111. The number of ketones is 3. The minimum Gasteiger partial charge on any atom is -0.459 e. The summed E-state index contributed by atoms with van der Waals surface area (Å²) >= 11 is 0. The van der Waals surface area contributed by atoms with Crippen molar-refractivity contribution in [2.45, 2.75) is 218 Å². The van der Waals surface area contributed by atoms with Crippen molar-refractivity contribution < 1.29 is 96.3 Å². The number of carbonyl (C=O) groups is 8. The van der Waals surface area contributed by atoms with Crippen molar-refractivity contribution >= 4 is 92.7 Å². The average molecular weight is 1910 g/mol. The van der Waals surface area contributed by atoms with E-state index in [1.807, 2.05) is 77.0 Å². The Morgan fingerprint density at radius 3 is 2.17 bits per heavy atom. The molecule has 6 aliphatic heterocycles. The second-order valence-electron chi connectivity index (χ2n) is 37.4. The molecule has 1 aromatic carbocycles. The van der Waals surface area contributed by atoms with Crippen molar-refractivity contribution in [2.75, 3.05) is 141 Å². The number of esters is 1. The molecule has 4 fully saturated rings. The molecular weight excluding hydrogens is 1780 g/mol. The van der Waals surface area contributed by atoms with E-state index in [-0.39, 0.29) is 93.2 Å². The number of allylic oxidation sites excluding steroid dienone is 6. The lowest BCUT2D eigenvalue weighted by atomic mass is 9.80. The van der Waals surface area contributed by atoms with Gasteiger partial charge in [-0.3, -0.25) is 28.8 Å². The summed E-state index contributed by atoms with van der Waals surface area (Å²) in [6, 6.07) is 8.03. The number of Topliss-reactive ketones (excluding diaryl/α,β-unsaturated/α-hetero) is 3. The summed E-state index contributed by atoms with van der Waals surface area (Å²) in [5.74, 6) is -8.50. The standard InChI is InChI=1S/C99H133N19O20/c1-59-14-10-9-11-15-60(2)79(130-7)50-72-21-17-64(6)99(129,138-72)88(124)94(126)117-29-13-12-16-76(117)95(127)136-80(51-77(119)61(3)45-63(5)86(122)87(123)85(121)62(4)44-59)74(100)47-65-19-22-78(81(48-65)131-8)137-98(128)116-31-25-75-71(57-116)53-106-96(110-75)113-32-34-114(35-33-113)97-107-54-73(89(101)111-97)93(125)104-28-37-133-39-41-135-43-42-134-40-38-132-36-26-82(120)115-30-24-67-46-66(18-20-69(67)56-115)55-118-92-83(90(102)108-58-109-92)84(112-118)70-49-68-23-27-103-91(68)105-52-70/h9-11,14-15,18,20,23,27,45-46,49,52-54,58-59,61-62,64-65,72,74,76,78-81,86-87,122-123,129H,12-13,16-17,19,21-22,24-26,28-44,47-48,50-51,55-57,100H2,1-8H3,(H,103,105)(H,104,125)(H2,101,107,111)(H2,102,108,109)/b11-9+,14-10+,60-15+,63-45+/t59-,61-,62-,64-,65+,72+,74-,76+,78-,79+,80+,81-,86-,87+,99-/m1/s1. The van der Waals surface area contributed by atoms with Crippen molar-refractivity contribution in [2.24, 2.45) is 35.3 Å². The zero-order chi connectivity index (χ0) is 97.8. The molecule has 12 heterocycles. The van der Waals surface area contributed by atoms with Gasteiger partial charge in [-0.15, -0.1) is 0 Å². The number of rotatable bonds is 27. The van der Waals surface area contributed by atoms with Crippen LogP contribution in [0.15, 0.2) is 109 Å². The molecule has 39 nitrogen and oxygen atoms in total. The number of carbonyl (C=O) groups excluding carboxylic acids is 8. The number of hydrogen-bond donors (Lipinski definition) is 8. The van der Waals surface area contributed by atoms with Crippen molar-refractivity contribution in [3.63, 3.8) is 0 Å². The van der Waals surface area contributed by atoms with Gasteiger partial charge in [-0.25, -0.2) is 44.2 Å². The van der Waals surface area contributed by atoms with Crippen LogP contribution < -0.4 is 32.3 Å². The third-order valence-corrected chi connectivity index (χ3v) is 27.6. The summed E-state index contributed by atoms with van der Waals surface area (Å²) in [5.41, 5.74) is 28.8. The molecule has 1 saturated carbocycles. The summed E-state index contributed by atoms with van der Waals surface area (Å²) in [6.07, 6.45) is 16.4. The summed E-state index contributed by atoms with van der Waals surface area (Å²) in [5, 5.41) is 44.2. The highest BCUT2D eigenvalue weighted by Gasteiger charge is 2.54. The number of pyridine rings is 1. The molecule has 1 aliphatic carbocycles. The van der Waals surface area contributed by atoms with Crippen molar-refractivity contribution in [1.29, 1.82) is 0 Å². The monoisotopic (exact) mass is 1910 g/mol. The lowest BCUT2D eigenvalue weighted by Gasteiger charge is -2.42. The van der Waals surface area contributed by atoms with Crippen LogP contribution in [0.5, 0.6) is 0 Å². The number of cyclic esters (lactones) is 1. The molecule has 39 heteroatoms. The first-order valence-corrected chi connectivity index (χ1v) is 48.2. The average Bonchev–Trinajstić information content (AvgIpc) is 1.46. The highest BCUT2D eigenvalue weighted by Crippen LogP contribution is 2.40. The molecule has 744 valence electrons. The third-order valence-electron chi connectivity index (χ3n) is 27.6. The molecule has 11 N–H and O–H groups in total. The molecule has 2 bridgehead atoms. The molecule has 7 aromatic rings. The maximum Gasteiger partial charge on any atom is 0.410 e. The predicted octanol–water partition coefficient (Wildman–Crippen LogP) is 6.99. The number of hydrogen-bond acceptors (Lipinski definition) is 33. The lowest BCUT2D eigenvalue weighted by Crippen LogP contribution is -2.61. The Kier molecular flexibility index (Phi) is 35.5. The first kappa shape index (κ1) is 102. The highest BCUT2D eigenvalue weighted by atomic mass is 16.6. The maximum atomic E-state index is 14.8. The molecule has 0 unspecified atom stereocenters. The number of benzene rings is 1. The van der Waals surface area contributed by atoms with Crippen LogP contribution >= 0.6 is 0 Å². The van der Waals surface area contributed by atoms with Gasteiger partial charge in [-0.1, -0.05) is 82.4 Å². The number of aliphatic hydroxyl groups excluding tert-OH is 2. The normalized spacial score (nSPS) is 26.9. The molecular formula is C99H133N19O20. The Hall–Kier alpha value is -11.5. The Bertz CT molecular complexity index is 5560. The van der Waals surface area contributed by atoms with Crippen LogP contribution in [0, 0.1) is 29.6 Å². The number of H-pyrrole nitrogens is 1. The van der Waals surface area contributed by atoms with Gasteiger partial charge in [0.15, 0.2) is 11.4 Å². The van der Waals surface area contributed by atoms with E-state index < -0.39 is 126 Å². The van der Waals surface area contributed by atoms with E-state index >= 15 is 0 Å². The van der Waals surface area contributed by atoms with Crippen LogP contribution in [0.4, 0.5) is 28.3 Å². The topological polar surface area (TPSA) is 510 Å². The van der Waals surface area contributed by atoms with E-state index in [0.717, 1.165) is 55.9 Å². The van der Waals surface area contributed by atoms with Crippen molar-refractivity contribution in [1.82, 2.24) is 69.7 Å². The van der Waals surface area contributed by atoms with E-state index in [4.69, 9.17) is 74.9 Å². The number of aromatic amines is 1. The zero-order valence-electron chi connectivity index (χ0n) is 80.1. The van der Waals surface area contributed by atoms with E-state index in [0.29, 0.717) is 184 Å². The fourth-order valence-corrected chi connectivity index (χ4v) is 19.3. The van der Waals surface area contributed by atoms with Gasteiger partial charge in [-0.05, 0) is 136 Å². The molecule has 0 spiro atoms. The van der Waals surface area contributed by atoms with Crippen molar-refractivity contribution in [3.05, 3.63) is 143 Å². The fourth-order valence-electron chi connectivity index (χ4n) is 19.3. The molecule has 14 rings (SSSR count). The number of aliphatic hydroxyl groups is 3. The number of piperidine rings is 1. The SMILES string of the molecule is CO[C@H]1C[C@@H]2CC[C@@H](C)[C@@](O)(O2)C(=O)C(=O)N2CCCC[C@H]2C(=O)O[C@H]([C@H](N)C[C@@H]2CC[C@@H](OC(=O)N3CCc4nc(N5CCN(c6ncc(C(=O)NCCOCCOCCOCCOCCC(=O)N7CCc8cc(Cn9nc(-c%10cnc%11[nH]ccc%11c%10)c%10c(N)ncnc%109)ccc8C7)c(N)n6)CC5)ncc4C3)[C@H](OC)C2)CC(=O)[C@H](C)/C=C(\C)[C@@H](O)[C@@H](O)C(=O)[C@H](C)C[C@H](C)/C=C/C=C/C=C/1C. The number of fused-ring (bicyclic) bond motifs is 7. The second kappa shape index (κ2) is 47.9. The van der Waals surface area contributed by atoms with Crippen LogP contribution in [0.3, 0.4) is 0 Å². The summed E-state index contributed by atoms with van der Waals surface area (Å²) in [7, 11) is 3.08. The number of aromatic nitrogens is 10. The molecule has 3 saturated heterocycles. The van der Waals surface area contributed by atoms with E-state index in [2.05, 4.69) is 58.3 Å². The molecule has 0 radical (unpaired) electrons. The Balaban J connectivity index is 0.479. The fraction of sp³-hybridized carbons (Fsp3) is 0.576. The van der Waals surface area contributed by atoms with Crippen LogP contribution in [0.1, 0.15) is 163 Å². The van der Waals surface area contributed by atoms with Gasteiger partial charge in [0.25, 0.3) is 17.6 Å². The van der Waals surface area contributed by atoms with Gasteiger partial charge in [0, 0.05) is 157 Å². The zero-order valence-corrected chi connectivity index (χ0v) is 80.1. The first-order valence-electron chi connectivity index (χ1n) is 48.2. The Labute approximate surface area is 802 Å². The number of piperazine rings is 1. The number of anilines is 4. The number of nitrogen functional groups attached to an aromatic ring is 2. The number of nitrogens with two attached hydrogens (primary N) is 3. The van der Waals surface area contributed by atoms with Gasteiger partial charge in [-0.2, -0.15) is 10.1 Å². The number of nitrogens with zero attached hydrogens (tertiary/aromatic N) is 14. The summed E-state index contributed by atoms with van der Waals surface area (Å²) in [4.78, 5) is 156. The van der Waals surface area contributed by atoms with Gasteiger partial charge in [0.05, 0.1) is 107 Å². The third kappa shape index (κ3) is 25.6. The van der Waals surface area contributed by atoms with Crippen LogP contribution in [-0.4, -0.2) is 307 Å². The molecule has 15 atom stereocenters. The Morgan fingerprint density at radius 1 is 0.696 bits per heavy atom. The van der Waals surface area contributed by atoms with E-state index in [1.165, 1.54) is 38.2 Å². The molecule has 7 aliphatic rings. The largest absolute Gasteiger partial charge is 0.459 e. The predicted molar refractivity (Wildman–Crippen MR) is 510 cm³/mol. The lowest BCUT2D eigenvalue weighted by molar-refractivity contribution is -0.265. The van der Waals surface area contributed by atoms with Gasteiger partial charge in [0.1, 0.15) is 65.5 Å².